The number of fused-ring (bicyclic) bond motifs is 21. The molecule has 30 rings (SSSR count). The molecule has 702 valence electrons. The molecule has 30 aromatic rings. The van der Waals surface area contributed by atoms with Crippen LogP contribution in [-0.2, 0) is 0 Å². The van der Waals surface area contributed by atoms with E-state index in [2.05, 4.69) is 531 Å². The number of para-hydroxylation sites is 9. The minimum Gasteiger partial charge on any atom is -0.307 e. The van der Waals surface area contributed by atoms with Crippen LogP contribution in [0.4, 0.5) is 0 Å². The Balaban J connectivity index is 0.000000108. The predicted molar refractivity (Wildman–Crippen MR) is 625 cm³/mol. The molecular formula is C140H92N10. The normalized spacial score (nSPS) is 11.6. The number of hydrogen-bond donors (Lipinski definition) is 0. The molecule has 0 unspecified atom stereocenters. The van der Waals surface area contributed by atoms with E-state index in [-0.39, 0.29) is 0 Å². The molecule has 0 saturated heterocycles. The second-order valence-corrected chi connectivity index (χ2v) is 38.3. The van der Waals surface area contributed by atoms with Crippen molar-refractivity contribution < 1.29 is 0 Å². The van der Waals surface area contributed by atoms with Crippen molar-refractivity contribution in [3.05, 3.63) is 558 Å². The zero-order valence-electron chi connectivity index (χ0n) is 81.6. The number of nitrogens with zero attached hydrogens (tertiary/aromatic N) is 10. The summed E-state index contributed by atoms with van der Waals surface area (Å²) in [6, 6.07) is 197. The Morgan fingerprint density at radius 2 is 0.340 bits per heavy atom. The lowest BCUT2D eigenvalue weighted by Gasteiger charge is -2.14. The molecule has 0 spiro atoms. The number of pyridine rings is 2. The van der Waals surface area contributed by atoms with E-state index < -0.39 is 0 Å². The van der Waals surface area contributed by atoms with Gasteiger partial charge >= 0.3 is 0 Å². The van der Waals surface area contributed by atoms with Crippen molar-refractivity contribution in [3.8, 4) is 135 Å². The molecule has 0 aliphatic heterocycles. The third kappa shape index (κ3) is 15.3. The summed E-state index contributed by atoms with van der Waals surface area (Å²) >= 11 is 0. The van der Waals surface area contributed by atoms with Gasteiger partial charge in [0.05, 0.1) is 89.0 Å². The lowest BCUT2D eigenvalue weighted by atomic mass is 9.94. The van der Waals surface area contributed by atoms with Crippen molar-refractivity contribution in [2.24, 2.45) is 0 Å². The average molecular weight is 1910 g/mol. The first kappa shape index (κ1) is 87.6. The van der Waals surface area contributed by atoms with E-state index in [4.69, 9.17) is 19.9 Å². The monoisotopic (exact) mass is 1910 g/mol. The summed E-state index contributed by atoms with van der Waals surface area (Å²) in [5.41, 5.74) is 38.1. The standard InChI is InChI=1S/2C47H31N3.C46H30N4/c1-4-14-32(15-5-1)35-28-36(33-16-6-2-7-17-33)30-37(29-35)34-24-27-45(48-31-34)50-44-23-13-11-21-40(44)42-26-25-41-39-20-10-12-22-43(39)49(46(41)47(42)50)38-18-8-3-9-19-38;1-4-14-33(15-5-1)42-30-35(31-43(48-42)34-16-6-2-7-17-34)32-24-26-37(27-25-32)50-45-23-13-11-21-39(45)41-29-28-40-38-20-10-12-22-44(38)49(46(40)47(41)50)36-18-8-3-9-19-36;1-4-14-31(15-5-1)40-30-41(48-46(47-40)33-16-6-2-7-17-33)32-24-26-35(27-25-32)50-43-23-13-11-21-37(43)39-29-28-38-36-20-10-12-22-42(36)49(44(38)45(39)50)34-18-8-3-9-19-34/h2*1-31H;1-30H. The van der Waals surface area contributed by atoms with Gasteiger partial charge in [0, 0.05) is 133 Å². The van der Waals surface area contributed by atoms with E-state index >= 15 is 0 Å². The molecule has 0 N–H and O–H groups in total. The average Bonchev–Trinajstić information content (AvgIpc) is 1.55. The Bertz CT molecular complexity index is 9260. The minimum atomic E-state index is 0.713. The summed E-state index contributed by atoms with van der Waals surface area (Å²) in [5, 5.41) is 14.8. The molecule has 0 atom stereocenters. The van der Waals surface area contributed by atoms with Crippen LogP contribution >= 0.6 is 0 Å². The van der Waals surface area contributed by atoms with Gasteiger partial charge in [-0.1, -0.05) is 406 Å². The summed E-state index contributed by atoms with van der Waals surface area (Å²) in [6.07, 6.45) is 2.03. The lowest BCUT2D eigenvalue weighted by Crippen LogP contribution is -2.00. The van der Waals surface area contributed by atoms with Gasteiger partial charge in [-0.05, 0) is 185 Å². The second-order valence-electron chi connectivity index (χ2n) is 38.3. The Morgan fingerprint density at radius 3 is 0.640 bits per heavy atom. The highest BCUT2D eigenvalue weighted by atomic mass is 15.1. The van der Waals surface area contributed by atoms with Crippen LogP contribution in [0.25, 0.3) is 266 Å². The molecule has 21 aromatic carbocycles. The first-order chi connectivity index (χ1) is 74.4. The minimum absolute atomic E-state index is 0.713. The van der Waals surface area contributed by atoms with Crippen LogP contribution in [0.1, 0.15) is 0 Å². The predicted octanol–water partition coefficient (Wildman–Crippen LogP) is 36.2. The highest BCUT2D eigenvalue weighted by Gasteiger charge is 2.28. The van der Waals surface area contributed by atoms with Crippen LogP contribution in [0.5, 0.6) is 0 Å². The van der Waals surface area contributed by atoms with E-state index in [0.29, 0.717) is 5.82 Å². The van der Waals surface area contributed by atoms with Crippen LogP contribution < -0.4 is 0 Å². The lowest BCUT2D eigenvalue weighted by molar-refractivity contribution is 1.08. The molecular weight excluding hydrogens is 1820 g/mol. The maximum atomic E-state index is 5.22. The van der Waals surface area contributed by atoms with Gasteiger partial charge in [-0.25, -0.2) is 19.9 Å². The highest BCUT2D eigenvalue weighted by molar-refractivity contribution is 6.27. The Kier molecular flexibility index (Phi) is 21.7. The highest BCUT2D eigenvalue weighted by Crippen LogP contribution is 2.48. The topological polar surface area (TPSA) is 81.1 Å². The van der Waals surface area contributed by atoms with Crippen LogP contribution in [0.15, 0.2) is 558 Å². The second kappa shape index (κ2) is 37.2. The van der Waals surface area contributed by atoms with Crippen LogP contribution in [-0.4, -0.2) is 47.3 Å². The van der Waals surface area contributed by atoms with Crippen LogP contribution in [0, 0.1) is 0 Å². The van der Waals surface area contributed by atoms with Gasteiger partial charge in [0.2, 0.25) is 0 Å². The summed E-state index contributed by atoms with van der Waals surface area (Å²) in [6.45, 7) is 0. The van der Waals surface area contributed by atoms with Gasteiger partial charge in [0.25, 0.3) is 0 Å². The van der Waals surface area contributed by atoms with Crippen LogP contribution in [0.2, 0.25) is 0 Å². The van der Waals surface area contributed by atoms with E-state index in [9.17, 15) is 0 Å². The molecule has 150 heavy (non-hydrogen) atoms. The molecule has 0 radical (unpaired) electrons. The molecule has 10 heteroatoms. The molecule has 0 amide bonds. The van der Waals surface area contributed by atoms with Crippen molar-refractivity contribution >= 4 is 131 Å². The zero-order valence-corrected chi connectivity index (χ0v) is 81.6. The third-order valence-corrected chi connectivity index (χ3v) is 29.6. The van der Waals surface area contributed by atoms with E-state index in [0.717, 1.165) is 118 Å². The Labute approximate surface area is 865 Å². The van der Waals surface area contributed by atoms with Gasteiger partial charge < -0.3 is 22.8 Å². The Morgan fingerprint density at radius 1 is 0.127 bits per heavy atom. The third-order valence-electron chi connectivity index (χ3n) is 29.6. The van der Waals surface area contributed by atoms with E-state index in [1.807, 2.05) is 54.7 Å². The Hall–Kier alpha value is -20.2. The maximum absolute atomic E-state index is 5.22. The molecule has 10 nitrogen and oxygen atoms in total. The van der Waals surface area contributed by atoms with E-state index in [1.54, 1.807) is 0 Å². The van der Waals surface area contributed by atoms with Gasteiger partial charge in [-0.15, -0.1) is 0 Å². The van der Waals surface area contributed by atoms with Crippen molar-refractivity contribution in [1.29, 1.82) is 0 Å². The molecule has 9 aromatic heterocycles. The largest absolute Gasteiger partial charge is 0.307 e. The summed E-state index contributed by atoms with van der Waals surface area (Å²) in [4.78, 5) is 20.4. The molecule has 0 saturated carbocycles. The quantitative estimate of drug-likeness (QED) is 0.102. The van der Waals surface area contributed by atoms with Gasteiger partial charge in [-0.3, -0.25) is 4.57 Å². The summed E-state index contributed by atoms with van der Waals surface area (Å²) in [5.74, 6) is 1.60. The fourth-order valence-electron chi connectivity index (χ4n) is 22.8. The van der Waals surface area contributed by atoms with Crippen molar-refractivity contribution in [2.45, 2.75) is 0 Å². The summed E-state index contributed by atoms with van der Waals surface area (Å²) < 4.78 is 14.5. The molecule has 0 aliphatic rings. The van der Waals surface area contributed by atoms with Crippen molar-refractivity contribution in [2.75, 3.05) is 0 Å². The van der Waals surface area contributed by atoms with Crippen LogP contribution in [0.3, 0.4) is 0 Å². The number of hydrogen-bond acceptors (Lipinski definition) is 4. The summed E-state index contributed by atoms with van der Waals surface area (Å²) in [7, 11) is 0. The molecule has 0 aliphatic carbocycles. The first-order valence-electron chi connectivity index (χ1n) is 51.0. The SMILES string of the molecule is c1ccc(-c2cc(-c3ccc(-n4c5ccccc5c5ccc6c7ccccc7n(-c7ccccc7)c6c54)cc3)cc(-c3ccccc3)n2)cc1.c1ccc(-c2cc(-c3ccc(-n4c5ccccc5c5ccc6c7ccccc7n(-c7ccccc7)c6c54)cc3)nc(-c3ccccc3)n2)cc1.c1ccc(-c2cc(-c3ccccc3)cc(-c3ccc(-n4c5ccccc5c5ccc6c7ccccc7n(-c7ccccc7)c6c54)nc3)c2)cc1. The molecule has 9 heterocycles. The van der Waals surface area contributed by atoms with Gasteiger partial charge in [0.1, 0.15) is 5.82 Å². The van der Waals surface area contributed by atoms with Crippen molar-refractivity contribution in [1.82, 2.24) is 47.3 Å². The number of benzene rings is 21. The first-order valence-corrected chi connectivity index (χ1v) is 51.0. The maximum Gasteiger partial charge on any atom is 0.160 e. The molecule has 0 fully saturated rings. The smallest absolute Gasteiger partial charge is 0.160 e. The van der Waals surface area contributed by atoms with Gasteiger partial charge in [0.15, 0.2) is 5.82 Å². The fraction of sp³-hybridized carbons (Fsp3) is 0. The fourth-order valence-corrected chi connectivity index (χ4v) is 22.8. The zero-order chi connectivity index (χ0) is 99.1. The van der Waals surface area contributed by atoms with Crippen molar-refractivity contribution in [3.63, 3.8) is 0 Å². The van der Waals surface area contributed by atoms with Gasteiger partial charge in [-0.2, -0.15) is 0 Å². The number of aromatic nitrogens is 10. The van der Waals surface area contributed by atoms with E-state index in [1.165, 1.54) is 142 Å². The number of rotatable bonds is 15. The molecule has 0 bridgehead atoms.